The number of allylic oxidation sites excluding steroid dienone is 8. The Morgan fingerprint density at radius 2 is 1.20 bits per heavy atom. The second-order valence-corrected chi connectivity index (χ2v) is 11.3. The molecule has 46 heavy (non-hydrogen) atoms. The lowest BCUT2D eigenvalue weighted by Crippen LogP contribution is -2.31. The van der Waals surface area contributed by atoms with Gasteiger partial charge in [-0.3, -0.25) is 19.2 Å². The first-order valence-electron chi connectivity index (χ1n) is 17.5. The van der Waals surface area contributed by atoms with Crippen LogP contribution in [0, 0.1) is 29.6 Å². The summed E-state index contributed by atoms with van der Waals surface area (Å²) in [6.07, 6.45) is 26.6. The molecule has 0 saturated carbocycles. The van der Waals surface area contributed by atoms with E-state index >= 15 is 0 Å². The van der Waals surface area contributed by atoms with Gasteiger partial charge in [-0.05, 0) is 75.0 Å². The third kappa shape index (κ3) is 27.4. The van der Waals surface area contributed by atoms with Gasteiger partial charge < -0.3 is 14.2 Å². The number of Topliss-reactive ketones (excluding diaryl/α,β-unsaturated/α-hetero) is 1. The van der Waals surface area contributed by atoms with E-state index in [1.54, 1.807) is 0 Å². The van der Waals surface area contributed by atoms with Gasteiger partial charge in [0.05, 0.1) is 34.2 Å². The highest BCUT2D eigenvalue weighted by Gasteiger charge is 2.32. The van der Waals surface area contributed by atoms with E-state index < -0.39 is 11.9 Å². The summed E-state index contributed by atoms with van der Waals surface area (Å²) in [5.74, 6) is -0.917. The van der Waals surface area contributed by atoms with Crippen molar-refractivity contribution in [2.75, 3.05) is 21.3 Å². The molecule has 0 fully saturated rings. The van der Waals surface area contributed by atoms with E-state index in [4.69, 9.17) is 4.74 Å². The minimum Gasteiger partial charge on any atom is -0.469 e. The topological polar surface area (TPSA) is 96.0 Å². The SMILES string of the molecule is CC.CC.COC(=O)C1C(=O)CC(C)/C=C/CCCC/C=C/C1C.COC(=O)CC(C)/C=C/CCCC/C=C/C(C)CC(=O)OC. The summed E-state index contributed by atoms with van der Waals surface area (Å²) in [5, 5.41) is 0. The smallest absolute Gasteiger partial charge is 0.316 e. The predicted octanol–water partition coefficient (Wildman–Crippen LogP) is 9.80. The van der Waals surface area contributed by atoms with Crippen molar-refractivity contribution in [2.24, 2.45) is 29.6 Å². The lowest BCUT2D eigenvalue weighted by molar-refractivity contribution is -0.151. The third-order valence-electron chi connectivity index (χ3n) is 7.10. The van der Waals surface area contributed by atoms with E-state index in [0.717, 1.165) is 51.4 Å². The van der Waals surface area contributed by atoms with Gasteiger partial charge >= 0.3 is 17.9 Å². The molecule has 0 N–H and O–H groups in total. The number of carbonyl (C=O) groups is 4. The quantitative estimate of drug-likeness (QED) is 0.0683. The Labute approximate surface area is 282 Å². The normalized spacial score (nSPS) is 21.1. The molecule has 1 aliphatic rings. The molecular formula is C39H68O7. The monoisotopic (exact) mass is 648 g/mol. The van der Waals surface area contributed by atoms with Gasteiger partial charge in [-0.2, -0.15) is 0 Å². The first-order chi connectivity index (χ1) is 22.0. The first kappa shape index (κ1) is 47.4. The Kier molecular flexibility index (Phi) is 34.5. The molecule has 0 aliphatic heterocycles. The van der Waals surface area contributed by atoms with E-state index in [-0.39, 0.29) is 41.4 Å². The summed E-state index contributed by atoms with van der Waals surface area (Å²) in [6.45, 7) is 16.0. The van der Waals surface area contributed by atoms with Crippen LogP contribution in [0.5, 0.6) is 0 Å². The number of hydrogen-bond acceptors (Lipinski definition) is 7. The van der Waals surface area contributed by atoms with Crippen molar-refractivity contribution in [3.8, 4) is 0 Å². The number of hydrogen-bond donors (Lipinski definition) is 0. The standard InChI is InChI=1S/C18H30O4.C17H26O3.2C2H6/c1-15(13-17(19)21-3)11-9-7-5-6-8-10-12-16(2)14-18(20)22-4;1-13-10-8-6-4-5-7-9-11-14(2)16(15(18)12-13)17(19)20-3;2*1-2/h9-12,15-16H,5-8,13-14H2,1-4H3;8-11,13-14,16H,4-7,12H2,1-3H3;2*1-2H3/b11-9+,12-10+;10-8+,11-9+;;. The highest BCUT2D eigenvalue weighted by atomic mass is 16.5. The van der Waals surface area contributed by atoms with Crippen molar-refractivity contribution in [2.45, 2.75) is 126 Å². The molecule has 0 bridgehead atoms. The molecule has 7 nitrogen and oxygen atoms in total. The number of carbonyl (C=O) groups excluding carboxylic acids is 4. The molecule has 1 aliphatic carbocycles. The Balaban J connectivity index is -0.000000727. The van der Waals surface area contributed by atoms with Crippen LogP contribution in [0.2, 0.25) is 0 Å². The molecule has 0 spiro atoms. The van der Waals surface area contributed by atoms with Gasteiger partial charge in [0.25, 0.3) is 0 Å². The maximum Gasteiger partial charge on any atom is 0.316 e. The van der Waals surface area contributed by atoms with E-state index in [1.807, 2.05) is 61.5 Å². The van der Waals surface area contributed by atoms with Crippen molar-refractivity contribution in [3.05, 3.63) is 48.6 Å². The molecule has 0 aromatic heterocycles. The molecular weight excluding hydrogens is 580 g/mol. The molecule has 0 radical (unpaired) electrons. The average Bonchev–Trinajstić information content (AvgIpc) is 3.06. The van der Waals surface area contributed by atoms with Crippen molar-refractivity contribution in [1.82, 2.24) is 0 Å². The number of ketones is 1. The zero-order chi connectivity index (χ0) is 35.8. The summed E-state index contributed by atoms with van der Waals surface area (Å²) in [7, 11) is 4.17. The van der Waals surface area contributed by atoms with E-state index in [1.165, 1.54) is 21.3 Å². The summed E-state index contributed by atoms with van der Waals surface area (Å²) < 4.78 is 14.1. The fourth-order valence-corrected chi connectivity index (χ4v) is 4.56. The van der Waals surface area contributed by atoms with Crippen LogP contribution in [-0.4, -0.2) is 45.0 Å². The van der Waals surface area contributed by atoms with Gasteiger partial charge in [-0.25, -0.2) is 0 Å². The zero-order valence-electron chi connectivity index (χ0n) is 31.1. The Bertz CT molecular complexity index is 864. The molecule has 5 atom stereocenters. The van der Waals surface area contributed by atoms with Gasteiger partial charge in [-0.1, -0.05) is 104 Å². The summed E-state index contributed by atoms with van der Waals surface area (Å²) in [4.78, 5) is 46.4. The van der Waals surface area contributed by atoms with Gasteiger partial charge in [0.1, 0.15) is 11.7 Å². The molecule has 7 heteroatoms. The Hall–Kier alpha value is -2.96. The van der Waals surface area contributed by atoms with Crippen LogP contribution in [-0.2, 0) is 33.4 Å². The molecule has 1 rings (SSSR count). The molecule has 0 amide bonds. The van der Waals surface area contributed by atoms with Gasteiger partial charge in [-0.15, -0.1) is 0 Å². The third-order valence-corrected chi connectivity index (χ3v) is 7.10. The van der Waals surface area contributed by atoms with Crippen molar-refractivity contribution >= 4 is 23.7 Å². The minimum atomic E-state index is -0.673. The second kappa shape index (κ2) is 33.4. The number of unbranched alkanes of at least 4 members (excludes halogenated alkanes) is 3. The molecule has 0 aromatic carbocycles. The molecule has 266 valence electrons. The van der Waals surface area contributed by atoms with Crippen molar-refractivity contribution < 1.29 is 33.4 Å². The van der Waals surface area contributed by atoms with Crippen molar-refractivity contribution in [3.63, 3.8) is 0 Å². The van der Waals surface area contributed by atoms with Crippen LogP contribution in [0.1, 0.15) is 126 Å². The number of ether oxygens (including phenoxy) is 3. The fraction of sp³-hybridized carbons (Fsp3) is 0.692. The average molecular weight is 649 g/mol. The highest BCUT2D eigenvalue weighted by Crippen LogP contribution is 2.22. The van der Waals surface area contributed by atoms with Crippen LogP contribution >= 0.6 is 0 Å². The first-order valence-corrected chi connectivity index (χ1v) is 17.5. The summed E-state index contributed by atoms with van der Waals surface area (Å²) in [6, 6.07) is 0. The summed E-state index contributed by atoms with van der Waals surface area (Å²) in [5.41, 5.74) is 0. The largest absolute Gasteiger partial charge is 0.469 e. The van der Waals surface area contributed by atoms with Gasteiger partial charge in [0, 0.05) is 6.42 Å². The van der Waals surface area contributed by atoms with Crippen LogP contribution in [0.3, 0.4) is 0 Å². The fourth-order valence-electron chi connectivity index (χ4n) is 4.56. The van der Waals surface area contributed by atoms with Gasteiger partial charge in [0.2, 0.25) is 0 Å². The number of methoxy groups -OCH3 is 3. The zero-order valence-corrected chi connectivity index (χ0v) is 31.1. The summed E-state index contributed by atoms with van der Waals surface area (Å²) >= 11 is 0. The number of esters is 3. The maximum atomic E-state index is 12.4. The molecule has 0 saturated heterocycles. The van der Waals surface area contributed by atoms with Crippen LogP contribution in [0.15, 0.2) is 48.6 Å². The lowest BCUT2D eigenvalue weighted by atomic mass is 9.85. The number of rotatable bonds is 12. The Morgan fingerprint density at radius 1 is 0.761 bits per heavy atom. The van der Waals surface area contributed by atoms with E-state index in [9.17, 15) is 19.2 Å². The maximum absolute atomic E-state index is 12.4. The predicted molar refractivity (Wildman–Crippen MR) is 191 cm³/mol. The second-order valence-electron chi connectivity index (χ2n) is 11.3. The highest BCUT2D eigenvalue weighted by molar-refractivity contribution is 5.99. The van der Waals surface area contributed by atoms with E-state index in [2.05, 4.69) is 52.0 Å². The molecule has 5 unspecified atom stereocenters. The van der Waals surface area contributed by atoms with Crippen LogP contribution < -0.4 is 0 Å². The molecule has 0 heterocycles. The van der Waals surface area contributed by atoms with Crippen LogP contribution in [0.25, 0.3) is 0 Å². The van der Waals surface area contributed by atoms with Gasteiger partial charge in [0.15, 0.2) is 0 Å². The van der Waals surface area contributed by atoms with Crippen molar-refractivity contribution in [1.29, 1.82) is 0 Å². The Morgan fingerprint density at radius 3 is 1.61 bits per heavy atom. The lowest BCUT2D eigenvalue weighted by Gasteiger charge is -2.19. The van der Waals surface area contributed by atoms with E-state index in [0.29, 0.717) is 19.3 Å². The minimum absolute atomic E-state index is 0.0228. The van der Waals surface area contributed by atoms with Crippen LogP contribution in [0.4, 0.5) is 0 Å². The molecule has 0 aromatic rings.